The highest BCUT2D eigenvalue weighted by Crippen LogP contribution is 2.25. The van der Waals surface area contributed by atoms with Crippen molar-refractivity contribution in [1.29, 1.82) is 0 Å². The topological polar surface area (TPSA) is 48.4 Å². The fraction of sp³-hybridized carbons (Fsp3) is 0.714. The molecule has 3 nitrogen and oxygen atoms in total. The van der Waals surface area contributed by atoms with Gasteiger partial charge in [-0.2, -0.15) is 0 Å². The SMILES string of the molecule is NC(CCCCC1CCOCC1)c1ccc(Cl)o1. The van der Waals surface area contributed by atoms with Gasteiger partial charge in [0.05, 0.1) is 6.04 Å². The van der Waals surface area contributed by atoms with Crippen LogP contribution in [0.1, 0.15) is 50.3 Å². The van der Waals surface area contributed by atoms with Crippen LogP contribution in [0.4, 0.5) is 0 Å². The lowest BCUT2D eigenvalue weighted by molar-refractivity contribution is 0.0630. The number of rotatable bonds is 6. The Labute approximate surface area is 114 Å². The first kappa shape index (κ1) is 13.9. The molecule has 0 saturated carbocycles. The van der Waals surface area contributed by atoms with Gasteiger partial charge in [0, 0.05) is 13.2 Å². The molecule has 1 aromatic rings. The Hall–Kier alpha value is -0.510. The molecule has 0 aliphatic carbocycles. The minimum absolute atomic E-state index is 0.0211. The highest BCUT2D eigenvalue weighted by atomic mass is 35.5. The van der Waals surface area contributed by atoms with Crippen molar-refractivity contribution in [3.63, 3.8) is 0 Å². The molecular weight excluding hydrogens is 250 g/mol. The second-order valence-corrected chi connectivity index (χ2v) is 5.46. The lowest BCUT2D eigenvalue weighted by atomic mass is 9.93. The summed E-state index contributed by atoms with van der Waals surface area (Å²) in [5.74, 6) is 1.65. The van der Waals surface area contributed by atoms with Crippen LogP contribution in [0.25, 0.3) is 0 Å². The molecule has 1 unspecified atom stereocenters. The second-order valence-electron chi connectivity index (χ2n) is 5.09. The van der Waals surface area contributed by atoms with E-state index < -0.39 is 0 Å². The van der Waals surface area contributed by atoms with E-state index in [0.717, 1.165) is 37.7 Å². The van der Waals surface area contributed by atoms with Crippen molar-refractivity contribution in [2.24, 2.45) is 11.7 Å². The summed E-state index contributed by atoms with van der Waals surface area (Å²) >= 11 is 5.73. The first-order valence-corrected chi connectivity index (χ1v) is 7.22. The van der Waals surface area contributed by atoms with Gasteiger partial charge in [0.1, 0.15) is 5.76 Å². The van der Waals surface area contributed by atoms with Gasteiger partial charge in [-0.05, 0) is 48.9 Å². The summed E-state index contributed by atoms with van der Waals surface area (Å²) in [6.45, 7) is 1.88. The van der Waals surface area contributed by atoms with Gasteiger partial charge in [-0.15, -0.1) is 0 Å². The summed E-state index contributed by atoms with van der Waals surface area (Å²) in [6, 6.07) is 3.59. The fourth-order valence-electron chi connectivity index (χ4n) is 2.50. The standard InChI is InChI=1S/C14H22ClNO2/c15-14-6-5-13(18-14)12(16)4-2-1-3-11-7-9-17-10-8-11/h5-6,11-12H,1-4,7-10,16H2. The van der Waals surface area contributed by atoms with Gasteiger partial charge in [0.2, 0.25) is 0 Å². The normalized spacial score (nSPS) is 19.0. The molecule has 1 aliphatic rings. The van der Waals surface area contributed by atoms with Gasteiger partial charge >= 0.3 is 0 Å². The molecule has 102 valence electrons. The van der Waals surface area contributed by atoms with E-state index in [4.69, 9.17) is 26.5 Å². The number of hydrogen-bond donors (Lipinski definition) is 1. The van der Waals surface area contributed by atoms with Crippen LogP contribution in [0.3, 0.4) is 0 Å². The van der Waals surface area contributed by atoms with E-state index in [9.17, 15) is 0 Å². The van der Waals surface area contributed by atoms with E-state index in [1.165, 1.54) is 25.7 Å². The Morgan fingerprint density at radius 1 is 1.28 bits per heavy atom. The summed E-state index contributed by atoms with van der Waals surface area (Å²) in [5, 5.41) is 0.419. The first-order valence-electron chi connectivity index (χ1n) is 6.84. The van der Waals surface area contributed by atoms with E-state index in [1.807, 2.05) is 6.07 Å². The first-order chi connectivity index (χ1) is 8.75. The predicted octanol–water partition coefficient (Wildman–Crippen LogP) is 3.92. The molecule has 0 bridgehead atoms. The van der Waals surface area contributed by atoms with Crippen molar-refractivity contribution in [2.75, 3.05) is 13.2 Å². The van der Waals surface area contributed by atoms with Crippen molar-refractivity contribution >= 4 is 11.6 Å². The zero-order valence-corrected chi connectivity index (χ0v) is 11.5. The maximum atomic E-state index is 6.06. The highest BCUT2D eigenvalue weighted by molar-refractivity contribution is 6.28. The van der Waals surface area contributed by atoms with Crippen molar-refractivity contribution in [2.45, 2.75) is 44.6 Å². The number of unbranched alkanes of at least 4 members (excludes halogenated alkanes) is 1. The third-order valence-corrected chi connectivity index (χ3v) is 3.88. The Kier molecular flexibility index (Phi) is 5.54. The smallest absolute Gasteiger partial charge is 0.193 e. The molecule has 1 atom stereocenters. The zero-order chi connectivity index (χ0) is 12.8. The molecule has 1 fully saturated rings. The van der Waals surface area contributed by atoms with E-state index in [2.05, 4.69) is 0 Å². The minimum atomic E-state index is -0.0211. The van der Waals surface area contributed by atoms with Gasteiger partial charge in [-0.25, -0.2) is 0 Å². The van der Waals surface area contributed by atoms with Crippen LogP contribution in [0.15, 0.2) is 16.5 Å². The van der Waals surface area contributed by atoms with E-state index in [1.54, 1.807) is 6.07 Å². The number of halogens is 1. The fourth-order valence-corrected chi connectivity index (χ4v) is 2.65. The van der Waals surface area contributed by atoms with Crippen LogP contribution in [0.5, 0.6) is 0 Å². The summed E-state index contributed by atoms with van der Waals surface area (Å²) in [6.07, 6.45) is 7.10. The van der Waals surface area contributed by atoms with Gasteiger partial charge in [0.15, 0.2) is 5.22 Å². The molecule has 2 heterocycles. The largest absolute Gasteiger partial charge is 0.448 e. The van der Waals surface area contributed by atoms with E-state index in [-0.39, 0.29) is 6.04 Å². The Balaban J connectivity index is 1.60. The number of hydrogen-bond acceptors (Lipinski definition) is 3. The van der Waals surface area contributed by atoms with Crippen molar-refractivity contribution in [3.8, 4) is 0 Å². The summed E-state index contributed by atoms with van der Waals surface area (Å²) in [5.41, 5.74) is 6.06. The molecule has 1 aromatic heterocycles. The summed E-state index contributed by atoms with van der Waals surface area (Å²) in [4.78, 5) is 0. The van der Waals surface area contributed by atoms with Crippen LogP contribution >= 0.6 is 11.6 Å². The summed E-state index contributed by atoms with van der Waals surface area (Å²) in [7, 11) is 0. The Bertz CT molecular complexity index is 347. The van der Waals surface area contributed by atoms with E-state index >= 15 is 0 Å². The molecule has 0 amide bonds. The average Bonchev–Trinajstić information content (AvgIpc) is 2.82. The van der Waals surface area contributed by atoms with Crippen LogP contribution in [-0.4, -0.2) is 13.2 Å². The van der Waals surface area contributed by atoms with Gasteiger partial charge in [-0.1, -0.05) is 19.3 Å². The molecule has 1 saturated heterocycles. The third-order valence-electron chi connectivity index (χ3n) is 3.68. The third kappa shape index (κ3) is 4.30. The molecule has 1 aliphatic heterocycles. The van der Waals surface area contributed by atoms with Crippen molar-refractivity contribution in [1.82, 2.24) is 0 Å². The number of ether oxygens (including phenoxy) is 1. The van der Waals surface area contributed by atoms with Crippen LogP contribution in [0.2, 0.25) is 5.22 Å². The van der Waals surface area contributed by atoms with Crippen LogP contribution in [-0.2, 0) is 4.74 Å². The van der Waals surface area contributed by atoms with Gasteiger partial charge in [-0.3, -0.25) is 0 Å². The minimum Gasteiger partial charge on any atom is -0.448 e. The van der Waals surface area contributed by atoms with Crippen LogP contribution in [0, 0.1) is 5.92 Å². The zero-order valence-electron chi connectivity index (χ0n) is 10.7. The maximum Gasteiger partial charge on any atom is 0.193 e. The Morgan fingerprint density at radius 2 is 2.06 bits per heavy atom. The van der Waals surface area contributed by atoms with Crippen molar-refractivity contribution in [3.05, 3.63) is 23.1 Å². The molecular formula is C14H22ClNO2. The molecule has 2 N–H and O–H groups in total. The molecule has 4 heteroatoms. The Morgan fingerprint density at radius 3 is 2.72 bits per heavy atom. The number of nitrogens with two attached hydrogens (primary N) is 1. The lowest BCUT2D eigenvalue weighted by Gasteiger charge is -2.21. The molecule has 0 spiro atoms. The molecule has 18 heavy (non-hydrogen) atoms. The molecule has 2 rings (SSSR count). The summed E-state index contributed by atoms with van der Waals surface area (Å²) < 4.78 is 10.7. The van der Waals surface area contributed by atoms with E-state index in [0.29, 0.717) is 5.22 Å². The van der Waals surface area contributed by atoms with Crippen LogP contribution < -0.4 is 5.73 Å². The average molecular weight is 272 g/mol. The maximum absolute atomic E-state index is 6.06. The molecule has 0 radical (unpaired) electrons. The van der Waals surface area contributed by atoms with Gasteiger partial charge < -0.3 is 14.9 Å². The van der Waals surface area contributed by atoms with Gasteiger partial charge in [0.25, 0.3) is 0 Å². The number of furan rings is 1. The predicted molar refractivity (Wildman–Crippen MR) is 72.7 cm³/mol. The monoisotopic (exact) mass is 271 g/mol. The quantitative estimate of drug-likeness (QED) is 0.798. The highest BCUT2D eigenvalue weighted by Gasteiger charge is 2.14. The second kappa shape index (κ2) is 7.17. The molecule has 0 aromatic carbocycles. The van der Waals surface area contributed by atoms with Crippen molar-refractivity contribution < 1.29 is 9.15 Å². The lowest BCUT2D eigenvalue weighted by Crippen LogP contribution is -2.15.